The molecule has 7 nitrogen and oxygen atoms in total. The van der Waals surface area contributed by atoms with Gasteiger partial charge in [-0.2, -0.15) is 0 Å². The molecule has 0 unspecified atom stereocenters. The number of amides is 1. The van der Waals surface area contributed by atoms with E-state index in [9.17, 15) is 9.59 Å². The normalized spacial score (nSPS) is 10.8. The summed E-state index contributed by atoms with van der Waals surface area (Å²) in [5, 5.41) is 10.4. The van der Waals surface area contributed by atoms with Crippen LogP contribution in [0.1, 0.15) is 24.2 Å². The van der Waals surface area contributed by atoms with Crippen LogP contribution in [0.4, 0.5) is 5.69 Å². The lowest BCUT2D eigenvalue weighted by Crippen LogP contribution is -2.17. The zero-order chi connectivity index (χ0) is 20.8. The second-order valence-corrected chi connectivity index (χ2v) is 7.57. The zero-order valence-corrected chi connectivity index (χ0v) is 17.2. The van der Waals surface area contributed by atoms with Crippen molar-refractivity contribution in [3.05, 3.63) is 54.1 Å². The van der Waals surface area contributed by atoms with E-state index in [-0.39, 0.29) is 23.4 Å². The fraction of sp³-hybridized carbons (Fsp3) is 0.238. The topological polar surface area (TPSA) is 97.0 Å². The van der Waals surface area contributed by atoms with E-state index in [2.05, 4.69) is 20.5 Å². The molecule has 0 saturated heterocycles. The highest BCUT2D eigenvalue weighted by atomic mass is 32.2. The predicted octanol–water partition coefficient (Wildman–Crippen LogP) is 4.05. The molecule has 1 amide bonds. The first-order chi connectivity index (χ1) is 14.0. The number of nitrogens with zero attached hydrogens (tertiary/aromatic N) is 2. The molecule has 3 aromatic rings. The summed E-state index contributed by atoms with van der Waals surface area (Å²) in [5.74, 6) is 1.43. The number of ketones is 1. The average Bonchev–Trinajstić information content (AvgIpc) is 3.21. The van der Waals surface area contributed by atoms with Gasteiger partial charge < -0.3 is 10.1 Å². The number of hydrogen-bond acceptors (Lipinski definition) is 6. The molecule has 2 aromatic carbocycles. The fourth-order valence-corrected chi connectivity index (χ4v) is 3.12. The van der Waals surface area contributed by atoms with Gasteiger partial charge in [-0.1, -0.05) is 25.6 Å². The molecule has 1 heterocycles. The molecule has 0 bridgehead atoms. The van der Waals surface area contributed by atoms with Crippen LogP contribution in [0.2, 0.25) is 0 Å². The summed E-state index contributed by atoms with van der Waals surface area (Å²) >= 11 is 1.27. The van der Waals surface area contributed by atoms with Crippen LogP contribution in [0.3, 0.4) is 0 Å². The van der Waals surface area contributed by atoms with E-state index in [0.717, 1.165) is 11.3 Å². The van der Waals surface area contributed by atoms with E-state index >= 15 is 0 Å². The highest BCUT2D eigenvalue weighted by Gasteiger charge is 2.12. The standard InChI is InChI=1S/C21H22N4O3S/c1-13(2)20(27)22-16-8-4-14(5-9-16)18(26)12-29-21-23-19(24-25-21)15-6-10-17(28-3)11-7-15/h4-11,13H,12H2,1-3H3,(H,22,27)(H,23,24,25). The molecular formula is C21H22N4O3S. The third kappa shape index (κ3) is 5.45. The van der Waals surface area contributed by atoms with E-state index in [1.165, 1.54) is 11.8 Å². The first-order valence-electron chi connectivity index (χ1n) is 9.10. The zero-order valence-electron chi connectivity index (χ0n) is 16.4. The van der Waals surface area contributed by atoms with Gasteiger partial charge in [0.2, 0.25) is 11.1 Å². The third-order valence-corrected chi connectivity index (χ3v) is 5.01. The van der Waals surface area contributed by atoms with Gasteiger partial charge >= 0.3 is 0 Å². The summed E-state index contributed by atoms with van der Waals surface area (Å²) in [6.45, 7) is 3.65. The highest BCUT2D eigenvalue weighted by molar-refractivity contribution is 7.99. The molecule has 2 N–H and O–H groups in total. The van der Waals surface area contributed by atoms with Gasteiger partial charge in [0, 0.05) is 22.7 Å². The Labute approximate surface area is 173 Å². The number of Topliss-reactive ketones (excluding diaryl/α,β-unsaturated/α-hetero) is 1. The van der Waals surface area contributed by atoms with Crippen molar-refractivity contribution in [2.45, 2.75) is 19.0 Å². The number of thioether (sulfide) groups is 1. The van der Waals surface area contributed by atoms with Crippen molar-refractivity contribution < 1.29 is 14.3 Å². The van der Waals surface area contributed by atoms with Crippen LogP contribution >= 0.6 is 11.8 Å². The second kappa shape index (κ2) is 9.38. The molecule has 0 saturated carbocycles. The monoisotopic (exact) mass is 410 g/mol. The van der Waals surface area contributed by atoms with Crippen LogP contribution < -0.4 is 10.1 Å². The number of nitrogens with one attached hydrogen (secondary N) is 2. The molecule has 0 aliphatic heterocycles. The minimum Gasteiger partial charge on any atom is -0.497 e. The van der Waals surface area contributed by atoms with Crippen molar-refractivity contribution in [2.75, 3.05) is 18.2 Å². The van der Waals surface area contributed by atoms with Crippen molar-refractivity contribution >= 4 is 29.1 Å². The summed E-state index contributed by atoms with van der Waals surface area (Å²) in [6.07, 6.45) is 0. The number of aromatic nitrogens is 3. The Morgan fingerprint density at radius 3 is 2.41 bits per heavy atom. The maximum Gasteiger partial charge on any atom is 0.226 e. The number of ether oxygens (including phenoxy) is 1. The minimum absolute atomic E-state index is 0.0347. The quantitative estimate of drug-likeness (QED) is 0.430. The van der Waals surface area contributed by atoms with E-state index in [1.807, 2.05) is 38.1 Å². The number of aromatic amines is 1. The van der Waals surface area contributed by atoms with Gasteiger partial charge in [0.1, 0.15) is 5.75 Å². The molecule has 0 spiro atoms. The Hall–Kier alpha value is -3.13. The second-order valence-electron chi connectivity index (χ2n) is 6.63. The summed E-state index contributed by atoms with van der Waals surface area (Å²) in [5.41, 5.74) is 2.13. The molecule has 3 rings (SSSR count). The molecule has 150 valence electrons. The first kappa shape index (κ1) is 20.6. The van der Waals surface area contributed by atoms with Crippen molar-refractivity contribution in [1.82, 2.24) is 15.2 Å². The van der Waals surface area contributed by atoms with Gasteiger partial charge in [0.25, 0.3) is 0 Å². The maximum absolute atomic E-state index is 12.4. The molecule has 0 radical (unpaired) electrons. The molecule has 0 aliphatic carbocycles. The summed E-state index contributed by atoms with van der Waals surface area (Å²) < 4.78 is 5.15. The molecule has 1 aromatic heterocycles. The number of anilines is 1. The van der Waals surface area contributed by atoms with Crippen LogP contribution in [-0.4, -0.2) is 39.7 Å². The van der Waals surface area contributed by atoms with Gasteiger partial charge in [-0.3, -0.25) is 14.7 Å². The van der Waals surface area contributed by atoms with Crippen molar-refractivity contribution in [3.8, 4) is 17.1 Å². The SMILES string of the molecule is COc1ccc(-c2nc(SCC(=O)c3ccc(NC(=O)C(C)C)cc3)n[nH]2)cc1. The third-order valence-electron chi connectivity index (χ3n) is 4.16. The van der Waals surface area contributed by atoms with Gasteiger partial charge in [0.15, 0.2) is 11.6 Å². The number of rotatable bonds is 8. The smallest absolute Gasteiger partial charge is 0.226 e. The lowest BCUT2D eigenvalue weighted by Gasteiger charge is -2.08. The Morgan fingerprint density at radius 2 is 1.79 bits per heavy atom. The van der Waals surface area contributed by atoms with Gasteiger partial charge in [-0.05, 0) is 48.5 Å². The molecule has 0 atom stereocenters. The fourth-order valence-electron chi connectivity index (χ4n) is 2.43. The number of benzene rings is 2. The molecule has 0 aliphatic rings. The first-order valence-corrected chi connectivity index (χ1v) is 10.1. The average molecular weight is 410 g/mol. The lowest BCUT2D eigenvalue weighted by atomic mass is 10.1. The van der Waals surface area contributed by atoms with Crippen LogP contribution in [0.15, 0.2) is 53.7 Å². The van der Waals surface area contributed by atoms with E-state index in [1.54, 1.807) is 31.4 Å². The van der Waals surface area contributed by atoms with Crippen LogP contribution in [-0.2, 0) is 4.79 Å². The Morgan fingerprint density at radius 1 is 1.10 bits per heavy atom. The molecule has 8 heteroatoms. The van der Waals surface area contributed by atoms with Gasteiger partial charge in [0.05, 0.1) is 12.9 Å². The van der Waals surface area contributed by atoms with Gasteiger partial charge in [-0.15, -0.1) is 5.10 Å². The molecule has 29 heavy (non-hydrogen) atoms. The van der Waals surface area contributed by atoms with Crippen molar-refractivity contribution in [3.63, 3.8) is 0 Å². The molecular weight excluding hydrogens is 388 g/mol. The van der Waals surface area contributed by atoms with Crippen molar-refractivity contribution in [1.29, 1.82) is 0 Å². The highest BCUT2D eigenvalue weighted by Crippen LogP contribution is 2.22. The summed E-state index contributed by atoms with van der Waals surface area (Å²) in [7, 11) is 1.62. The number of H-pyrrole nitrogens is 1. The Kier molecular flexibility index (Phi) is 6.66. The summed E-state index contributed by atoms with van der Waals surface area (Å²) in [4.78, 5) is 28.6. The lowest BCUT2D eigenvalue weighted by molar-refractivity contribution is -0.118. The minimum atomic E-state index is -0.100. The van der Waals surface area contributed by atoms with Gasteiger partial charge in [-0.25, -0.2) is 4.98 Å². The van der Waals surface area contributed by atoms with E-state index in [0.29, 0.717) is 22.2 Å². The predicted molar refractivity (Wildman–Crippen MR) is 113 cm³/mol. The maximum atomic E-state index is 12.4. The largest absolute Gasteiger partial charge is 0.497 e. The van der Waals surface area contributed by atoms with Crippen LogP contribution in [0.5, 0.6) is 5.75 Å². The summed E-state index contributed by atoms with van der Waals surface area (Å²) in [6, 6.07) is 14.3. The number of carbonyl (C=O) groups excluding carboxylic acids is 2. The van der Waals surface area contributed by atoms with Crippen LogP contribution in [0.25, 0.3) is 11.4 Å². The van der Waals surface area contributed by atoms with Crippen LogP contribution in [0, 0.1) is 5.92 Å². The van der Waals surface area contributed by atoms with Crippen molar-refractivity contribution in [2.24, 2.45) is 5.92 Å². The number of carbonyl (C=O) groups is 2. The molecule has 0 fully saturated rings. The Bertz CT molecular complexity index is 982. The number of methoxy groups -OCH3 is 1. The van der Waals surface area contributed by atoms with E-state index in [4.69, 9.17) is 4.74 Å². The Balaban J connectivity index is 1.56. The van der Waals surface area contributed by atoms with E-state index < -0.39 is 0 Å². The number of hydrogen-bond donors (Lipinski definition) is 2.